The van der Waals surface area contributed by atoms with Gasteiger partial charge in [-0.05, 0) is 19.1 Å². The van der Waals surface area contributed by atoms with Gasteiger partial charge in [0.2, 0.25) is 0 Å². The van der Waals surface area contributed by atoms with E-state index in [4.69, 9.17) is 0 Å². The van der Waals surface area contributed by atoms with Crippen LogP contribution in [0.3, 0.4) is 0 Å². The second kappa shape index (κ2) is 6.00. The normalized spacial score (nSPS) is 15.9. The van der Waals surface area contributed by atoms with Crippen LogP contribution in [0.5, 0.6) is 0 Å². The summed E-state index contributed by atoms with van der Waals surface area (Å²) in [6.45, 7) is 2.06. The van der Waals surface area contributed by atoms with Crippen LogP contribution in [0.15, 0.2) is 77.5 Å². The van der Waals surface area contributed by atoms with Crippen molar-refractivity contribution in [2.45, 2.75) is 6.92 Å². The minimum absolute atomic E-state index is 0.944. The summed E-state index contributed by atoms with van der Waals surface area (Å²) in [6.07, 6.45) is 13.0. The lowest BCUT2D eigenvalue weighted by Gasteiger charge is -2.02. The maximum Gasteiger partial charge on any atom is 0.139 e. The standard InChI is InChI=1S/C16H15N5/c1-13-5-7-16(8-6-13)17-9-14-3-2-4-15(14)10-20-21-11-18-19-12-21/h2-12,20H,1H3/b15-10-,17-9?. The Morgan fingerprint density at radius 3 is 2.67 bits per heavy atom. The zero-order chi connectivity index (χ0) is 14.5. The van der Waals surface area contributed by atoms with Gasteiger partial charge in [-0.25, -0.2) is 4.68 Å². The maximum absolute atomic E-state index is 4.49. The highest BCUT2D eigenvalue weighted by Crippen LogP contribution is 2.18. The van der Waals surface area contributed by atoms with Gasteiger partial charge >= 0.3 is 0 Å². The summed E-state index contributed by atoms with van der Waals surface area (Å²) in [6, 6.07) is 8.12. The van der Waals surface area contributed by atoms with Crippen molar-refractivity contribution in [2.75, 3.05) is 5.43 Å². The highest BCUT2D eigenvalue weighted by atomic mass is 15.5. The van der Waals surface area contributed by atoms with Crippen molar-refractivity contribution in [1.29, 1.82) is 0 Å². The zero-order valence-electron chi connectivity index (χ0n) is 11.6. The molecule has 0 aliphatic heterocycles. The van der Waals surface area contributed by atoms with Gasteiger partial charge in [-0.2, -0.15) is 0 Å². The number of benzene rings is 1. The molecule has 1 aliphatic rings. The predicted octanol–water partition coefficient (Wildman–Crippen LogP) is 2.91. The quantitative estimate of drug-likeness (QED) is 0.874. The molecular weight excluding hydrogens is 262 g/mol. The first-order valence-electron chi connectivity index (χ1n) is 6.62. The van der Waals surface area contributed by atoms with E-state index in [1.165, 1.54) is 5.56 Å². The van der Waals surface area contributed by atoms with E-state index in [2.05, 4.69) is 39.7 Å². The molecule has 5 nitrogen and oxygen atoms in total. The van der Waals surface area contributed by atoms with Crippen molar-refractivity contribution in [3.8, 4) is 0 Å². The third-order valence-corrected chi connectivity index (χ3v) is 3.06. The molecule has 5 heteroatoms. The Kier molecular flexibility index (Phi) is 3.73. The molecule has 0 unspecified atom stereocenters. The molecule has 21 heavy (non-hydrogen) atoms. The average molecular weight is 277 g/mol. The Labute approximate surface area is 123 Å². The van der Waals surface area contributed by atoms with Crippen molar-refractivity contribution in [3.63, 3.8) is 0 Å². The lowest BCUT2D eigenvalue weighted by Crippen LogP contribution is -2.06. The smallest absolute Gasteiger partial charge is 0.139 e. The Morgan fingerprint density at radius 1 is 1.14 bits per heavy atom. The largest absolute Gasteiger partial charge is 0.299 e. The molecule has 0 saturated heterocycles. The SMILES string of the molecule is Cc1ccc(N=CC2=CC=C/C2=C/Nn2cnnc2)cc1. The van der Waals surface area contributed by atoms with E-state index in [1.54, 1.807) is 17.3 Å². The number of hydrogen-bond acceptors (Lipinski definition) is 4. The van der Waals surface area contributed by atoms with Gasteiger partial charge in [0.05, 0.1) is 5.69 Å². The van der Waals surface area contributed by atoms with Crippen molar-refractivity contribution < 1.29 is 0 Å². The minimum Gasteiger partial charge on any atom is -0.299 e. The number of aryl methyl sites for hydroxylation is 1. The predicted molar refractivity (Wildman–Crippen MR) is 84.0 cm³/mol. The minimum atomic E-state index is 0.944. The molecule has 0 fully saturated rings. The molecule has 0 saturated carbocycles. The Bertz CT molecular complexity index is 719. The summed E-state index contributed by atoms with van der Waals surface area (Å²) in [4.78, 5) is 4.49. The van der Waals surface area contributed by atoms with Gasteiger partial charge in [0, 0.05) is 23.6 Å². The van der Waals surface area contributed by atoms with Gasteiger partial charge in [0.15, 0.2) is 0 Å². The molecule has 1 aromatic carbocycles. The van der Waals surface area contributed by atoms with Gasteiger partial charge in [0.25, 0.3) is 0 Å². The van der Waals surface area contributed by atoms with Crippen LogP contribution in [0.1, 0.15) is 5.56 Å². The fraction of sp³-hybridized carbons (Fsp3) is 0.0625. The first kappa shape index (κ1) is 13.1. The third-order valence-electron chi connectivity index (χ3n) is 3.06. The molecule has 1 heterocycles. The van der Waals surface area contributed by atoms with E-state index >= 15 is 0 Å². The summed E-state index contributed by atoms with van der Waals surface area (Å²) in [7, 11) is 0. The summed E-state index contributed by atoms with van der Waals surface area (Å²) in [5.41, 5.74) is 7.36. The van der Waals surface area contributed by atoms with Crippen molar-refractivity contribution in [2.24, 2.45) is 4.99 Å². The highest BCUT2D eigenvalue weighted by Gasteiger charge is 2.03. The summed E-state index contributed by atoms with van der Waals surface area (Å²) < 4.78 is 1.67. The topological polar surface area (TPSA) is 55.1 Å². The maximum atomic E-state index is 4.49. The van der Waals surface area contributed by atoms with E-state index in [-0.39, 0.29) is 0 Å². The fourth-order valence-electron chi connectivity index (χ4n) is 1.88. The molecule has 0 radical (unpaired) electrons. The Balaban J connectivity index is 1.70. The molecule has 1 aromatic heterocycles. The number of rotatable bonds is 4. The summed E-state index contributed by atoms with van der Waals surface area (Å²) in [5, 5.41) is 7.46. The van der Waals surface area contributed by atoms with Crippen LogP contribution in [-0.2, 0) is 0 Å². The van der Waals surface area contributed by atoms with Gasteiger partial charge in [-0.15, -0.1) is 10.2 Å². The molecular formula is C16H15N5. The van der Waals surface area contributed by atoms with Gasteiger partial charge in [-0.1, -0.05) is 35.9 Å². The van der Waals surface area contributed by atoms with E-state index in [0.717, 1.165) is 16.8 Å². The molecule has 0 bridgehead atoms. The Hall–Kier alpha value is -2.95. The molecule has 1 N–H and O–H groups in total. The van der Waals surface area contributed by atoms with Crippen molar-refractivity contribution >= 4 is 11.9 Å². The van der Waals surface area contributed by atoms with Crippen LogP contribution >= 0.6 is 0 Å². The number of hydrogen-bond donors (Lipinski definition) is 1. The van der Waals surface area contributed by atoms with E-state index in [9.17, 15) is 0 Å². The van der Waals surface area contributed by atoms with Gasteiger partial charge < -0.3 is 0 Å². The van der Waals surface area contributed by atoms with E-state index in [1.807, 2.05) is 42.8 Å². The third kappa shape index (κ3) is 3.33. The molecule has 0 amide bonds. The van der Waals surface area contributed by atoms with Crippen LogP contribution in [0, 0.1) is 6.92 Å². The van der Waals surface area contributed by atoms with Crippen LogP contribution in [-0.4, -0.2) is 21.1 Å². The number of nitrogens with one attached hydrogen (secondary N) is 1. The molecule has 0 atom stereocenters. The lowest BCUT2D eigenvalue weighted by atomic mass is 10.1. The first-order valence-corrected chi connectivity index (χ1v) is 6.62. The van der Waals surface area contributed by atoms with E-state index < -0.39 is 0 Å². The van der Waals surface area contributed by atoms with Crippen molar-refractivity contribution in [3.05, 3.63) is 78.1 Å². The second-order valence-electron chi connectivity index (χ2n) is 4.67. The number of aromatic nitrogens is 3. The molecule has 0 spiro atoms. The number of aliphatic imine (C=N–C) groups is 1. The Morgan fingerprint density at radius 2 is 1.90 bits per heavy atom. The molecule has 1 aliphatic carbocycles. The molecule has 2 aromatic rings. The molecule has 3 rings (SSSR count). The second-order valence-corrected chi connectivity index (χ2v) is 4.67. The van der Waals surface area contributed by atoms with Gasteiger partial charge in [-0.3, -0.25) is 10.4 Å². The van der Waals surface area contributed by atoms with E-state index in [0.29, 0.717) is 0 Å². The summed E-state index contributed by atoms with van der Waals surface area (Å²) in [5.74, 6) is 0. The fourth-order valence-corrected chi connectivity index (χ4v) is 1.88. The van der Waals surface area contributed by atoms with Crippen LogP contribution in [0.2, 0.25) is 0 Å². The monoisotopic (exact) mass is 277 g/mol. The average Bonchev–Trinajstić information content (AvgIpc) is 3.16. The molecule has 104 valence electrons. The first-order chi connectivity index (χ1) is 10.3. The zero-order valence-corrected chi connectivity index (χ0v) is 11.6. The van der Waals surface area contributed by atoms with Crippen molar-refractivity contribution in [1.82, 2.24) is 14.9 Å². The summed E-state index contributed by atoms with van der Waals surface area (Å²) >= 11 is 0. The highest BCUT2D eigenvalue weighted by molar-refractivity contribution is 5.89. The van der Waals surface area contributed by atoms with Crippen LogP contribution in [0.25, 0.3) is 0 Å². The number of allylic oxidation sites excluding steroid dienone is 5. The van der Waals surface area contributed by atoms with Gasteiger partial charge in [0.1, 0.15) is 12.7 Å². The van der Waals surface area contributed by atoms with Crippen LogP contribution in [0.4, 0.5) is 5.69 Å². The lowest BCUT2D eigenvalue weighted by molar-refractivity contribution is 0.945. The van der Waals surface area contributed by atoms with Crippen LogP contribution < -0.4 is 5.43 Å². The number of nitrogens with zero attached hydrogens (tertiary/aromatic N) is 4.